The van der Waals surface area contributed by atoms with E-state index in [0.717, 1.165) is 44.9 Å². The Balaban J connectivity index is 4.51. The van der Waals surface area contributed by atoms with Crippen molar-refractivity contribution >= 4 is 13.8 Å². The summed E-state index contributed by atoms with van der Waals surface area (Å²) in [5, 5.41) is 0. The summed E-state index contributed by atoms with van der Waals surface area (Å²) in [6, 6.07) is 0. The maximum Gasteiger partial charge on any atom is 0.311 e. The molecule has 0 spiro atoms. The zero-order valence-electron chi connectivity index (χ0n) is 32.7. The minimum absolute atomic E-state index is 0.0306. The molecule has 0 radical (unpaired) electrons. The molecule has 0 bridgehead atoms. The number of hydrogen-bond donors (Lipinski definition) is 1. The van der Waals surface area contributed by atoms with Crippen molar-refractivity contribution in [1.82, 2.24) is 0 Å². The molecular weight excluding hydrogens is 637 g/mol. The van der Waals surface area contributed by atoms with Gasteiger partial charge < -0.3 is 24.6 Å². The number of rotatable bonds is 39. The highest BCUT2D eigenvalue weighted by Crippen LogP contribution is 2.41. The van der Waals surface area contributed by atoms with Crippen molar-refractivity contribution in [1.29, 1.82) is 0 Å². The number of carbonyl (C=O) groups is 1. The van der Waals surface area contributed by atoms with Gasteiger partial charge in [-0.05, 0) is 26.2 Å². The average Bonchev–Trinajstić information content (AvgIpc) is 3.08. The summed E-state index contributed by atoms with van der Waals surface area (Å²) in [7, 11) is -4.73. The molecule has 0 aliphatic rings. The van der Waals surface area contributed by atoms with Crippen molar-refractivity contribution in [2.75, 3.05) is 19.8 Å². The first-order valence-corrected chi connectivity index (χ1v) is 22.4. The number of unbranched alkanes of at least 4 members (excludes halogenated alkanes) is 24. The predicted molar refractivity (Wildman–Crippen MR) is 203 cm³/mol. The highest BCUT2D eigenvalue weighted by Gasteiger charge is 2.31. The van der Waals surface area contributed by atoms with Gasteiger partial charge in [0.2, 0.25) is 6.29 Å². The Morgan fingerprint density at radius 3 is 1.41 bits per heavy atom. The Morgan fingerprint density at radius 1 is 0.592 bits per heavy atom. The normalized spacial score (nSPS) is 14.8. The van der Waals surface area contributed by atoms with Gasteiger partial charge in [0.15, 0.2) is 0 Å². The Kier molecular flexibility index (Phi) is 35.5. The molecule has 0 heterocycles. The number of ether oxygens (including phenoxy) is 2. The molecule has 0 saturated heterocycles. The molecule has 0 aliphatic carbocycles. The van der Waals surface area contributed by atoms with Gasteiger partial charge in [-0.2, -0.15) is 0 Å². The van der Waals surface area contributed by atoms with Crippen molar-refractivity contribution in [3.05, 3.63) is 0 Å². The Labute approximate surface area is 303 Å². The smallest absolute Gasteiger partial charge is 0.311 e. The Hall–Kier alpha value is -0.500. The molecule has 0 saturated carbocycles. The summed E-state index contributed by atoms with van der Waals surface area (Å²) in [5.74, 6) is -0.728. The lowest BCUT2D eigenvalue weighted by atomic mass is 9.96. The third-order valence-corrected chi connectivity index (χ3v) is 10.4. The van der Waals surface area contributed by atoms with E-state index in [9.17, 15) is 14.3 Å². The molecule has 0 aliphatic heterocycles. The van der Waals surface area contributed by atoms with Crippen molar-refractivity contribution in [2.45, 2.75) is 226 Å². The third kappa shape index (κ3) is 31.9. The minimum Gasteiger partial charge on any atom is -0.756 e. The minimum atomic E-state index is -4.73. The van der Waals surface area contributed by atoms with E-state index >= 15 is 0 Å². The first-order chi connectivity index (χ1) is 23.8. The van der Waals surface area contributed by atoms with Gasteiger partial charge in [-0.15, -0.1) is 0 Å². The molecule has 0 fully saturated rings. The van der Waals surface area contributed by atoms with E-state index < -0.39 is 26.2 Å². The van der Waals surface area contributed by atoms with E-state index in [4.69, 9.17) is 24.3 Å². The Morgan fingerprint density at radius 2 is 1.00 bits per heavy atom. The van der Waals surface area contributed by atoms with Crippen LogP contribution >= 0.6 is 7.82 Å². The van der Waals surface area contributed by atoms with E-state index in [-0.39, 0.29) is 19.1 Å². The van der Waals surface area contributed by atoms with Gasteiger partial charge >= 0.3 is 5.97 Å². The molecule has 9 heteroatoms. The summed E-state index contributed by atoms with van der Waals surface area (Å²) in [5.41, 5.74) is 5.42. The van der Waals surface area contributed by atoms with Crippen LogP contribution in [0.4, 0.5) is 0 Å². The molecule has 0 amide bonds. The van der Waals surface area contributed by atoms with Crippen LogP contribution in [0.2, 0.25) is 0 Å². The second-order valence-corrected chi connectivity index (χ2v) is 15.7. The molecule has 49 heavy (non-hydrogen) atoms. The van der Waals surface area contributed by atoms with E-state index in [1.807, 2.05) is 6.92 Å². The van der Waals surface area contributed by atoms with Crippen molar-refractivity contribution in [3.8, 4) is 0 Å². The topological polar surface area (TPSA) is 120 Å². The molecule has 0 aromatic rings. The van der Waals surface area contributed by atoms with Gasteiger partial charge in [0, 0.05) is 13.2 Å². The van der Waals surface area contributed by atoms with Crippen LogP contribution in [0.3, 0.4) is 0 Å². The molecule has 2 N–H and O–H groups in total. The highest BCUT2D eigenvalue weighted by atomic mass is 31.2. The van der Waals surface area contributed by atoms with Gasteiger partial charge in [-0.3, -0.25) is 13.9 Å². The van der Waals surface area contributed by atoms with Crippen molar-refractivity contribution in [2.24, 2.45) is 11.7 Å². The van der Waals surface area contributed by atoms with Gasteiger partial charge in [-0.1, -0.05) is 188 Å². The Bertz CT molecular complexity index is 756. The number of phosphoric ester groups is 1. The molecule has 0 aromatic carbocycles. The SMILES string of the molecule is CCCCCCCCCCCCCCCCO[C@@H](C)C(OC(=O)C(CCC)CCCCCCCCCCCCCC)OP(=O)([O-])OCCN. The van der Waals surface area contributed by atoms with E-state index in [1.54, 1.807) is 6.92 Å². The summed E-state index contributed by atoms with van der Waals surface area (Å²) >= 11 is 0. The molecular formula is C40H81NO7P-. The standard InChI is InChI=1S/C40H82NO7P/c1-5-8-10-12-14-16-18-20-21-23-25-27-29-31-35-45-37(4)40(48-49(43,44)46-36-34-41)47-39(42)38(32-7-3)33-30-28-26-24-22-19-17-15-13-11-9-6-2/h37-38,40H,5-36,41H2,1-4H3,(H,43,44)/p-1/t37-,38?,40?/m0/s1. The fraction of sp³-hybridized carbons (Fsp3) is 0.975. The van der Waals surface area contributed by atoms with Crippen LogP contribution in [0, 0.1) is 5.92 Å². The quantitative estimate of drug-likeness (QED) is 0.0288. The van der Waals surface area contributed by atoms with Crippen LogP contribution in [0.25, 0.3) is 0 Å². The number of phosphoric acid groups is 1. The average molecular weight is 719 g/mol. The molecule has 8 nitrogen and oxygen atoms in total. The van der Waals surface area contributed by atoms with E-state index in [1.165, 1.54) is 135 Å². The maximum absolute atomic E-state index is 13.3. The van der Waals surface area contributed by atoms with Crippen LogP contribution in [-0.2, 0) is 27.9 Å². The van der Waals surface area contributed by atoms with Crippen LogP contribution in [0.5, 0.6) is 0 Å². The maximum atomic E-state index is 13.3. The fourth-order valence-electron chi connectivity index (χ4n) is 6.34. The number of esters is 1. The fourth-order valence-corrected chi connectivity index (χ4v) is 7.20. The zero-order chi connectivity index (χ0) is 36.3. The van der Waals surface area contributed by atoms with Crippen LogP contribution in [-0.4, -0.2) is 38.1 Å². The first kappa shape index (κ1) is 48.5. The number of carbonyl (C=O) groups excluding carboxylic acids is 1. The summed E-state index contributed by atoms with van der Waals surface area (Å²) in [6.07, 6.45) is 33.0. The number of nitrogens with two attached hydrogens (primary N) is 1. The lowest BCUT2D eigenvalue weighted by molar-refractivity contribution is -0.254. The number of hydrogen-bond acceptors (Lipinski definition) is 8. The molecule has 3 unspecified atom stereocenters. The summed E-state index contributed by atoms with van der Waals surface area (Å²) in [6.45, 7) is 8.52. The third-order valence-electron chi connectivity index (χ3n) is 9.47. The van der Waals surface area contributed by atoms with E-state index in [2.05, 4.69) is 13.8 Å². The van der Waals surface area contributed by atoms with Crippen LogP contribution in [0.1, 0.15) is 214 Å². The lowest BCUT2D eigenvalue weighted by Crippen LogP contribution is -2.37. The highest BCUT2D eigenvalue weighted by molar-refractivity contribution is 7.45. The van der Waals surface area contributed by atoms with Gasteiger partial charge in [-0.25, -0.2) is 0 Å². The first-order valence-electron chi connectivity index (χ1n) is 21.0. The lowest BCUT2D eigenvalue weighted by Gasteiger charge is -2.31. The predicted octanol–water partition coefficient (Wildman–Crippen LogP) is 11.7. The summed E-state index contributed by atoms with van der Waals surface area (Å²) < 4.78 is 34.2. The molecule has 294 valence electrons. The zero-order valence-corrected chi connectivity index (χ0v) is 33.6. The molecule has 0 rings (SSSR count). The van der Waals surface area contributed by atoms with Gasteiger partial charge in [0.1, 0.15) is 6.10 Å². The molecule has 4 atom stereocenters. The van der Waals surface area contributed by atoms with Crippen molar-refractivity contribution in [3.63, 3.8) is 0 Å². The van der Waals surface area contributed by atoms with E-state index in [0.29, 0.717) is 13.0 Å². The van der Waals surface area contributed by atoms with Gasteiger partial charge in [0.05, 0.1) is 12.5 Å². The van der Waals surface area contributed by atoms with Gasteiger partial charge in [0.25, 0.3) is 7.82 Å². The second-order valence-electron chi connectivity index (χ2n) is 14.3. The van der Waals surface area contributed by atoms with Crippen LogP contribution < -0.4 is 10.6 Å². The second kappa shape index (κ2) is 35.9. The monoisotopic (exact) mass is 719 g/mol. The largest absolute Gasteiger partial charge is 0.756 e. The van der Waals surface area contributed by atoms with Crippen molar-refractivity contribution < 1.29 is 32.8 Å². The van der Waals surface area contributed by atoms with Crippen LogP contribution in [0.15, 0.2) is 0 Å². The summed E-state index contributed by atoms with van der Waals surface area (Å²) in [4.78, 5) is 25.8. The molecule has 0 aromatic heterocycles.